The van der Waals surface area contributed by atoms with Gasteiger partial charge < -0.3 is 30.2 Å². The Hall–Kier alpha value is -2.10. The van der Waals surface area contributed by atoms with E-state index in [2.05, 4.69) is 15.3 Å². The zero-order chi connectivity index (χ0) is 15.0. The fourth-order valence-electron chi connectivity index (χ4n) is 2.23. The van der Waals surface area contributed by atoms with Gasteiger partial charge in [-0.3, -0.25) is 4.79 Å². The van der Waals surface area contributed by atoms with Crippen molar-refractivity contribution in [3.63, 3.8) is 0 Å². The Morgan fingerprint density at radius 2 is 2.24 bits per heavy atom. The van der Waals surface area contributed by atoms with Crippen LogP contribution in [-0.2, 0) is 4.74 Å². The highest BCUT2D eigenvalue weighted by Gasteiger charge is 2.25. The monoisotopic (exact) mass is 295 g/mol. The number of nitrogens with zero attached hydrogens (tertiary/aromatic N) is 3. The van der Waals surface area contributed by atoms with Gasteiger partial charge in [0.2, 0.25) is 5.78 Å². The van der Waals surface area contributed by atoms with Gasteiger partial charge in [-0.15, -0.1) is 0 Å². The maximum Gasteiger partial charge on any atom is 0.284 e. The second kappa shape index (κ2) is 5.35. The standard InChI is InChI=1S/C12H17N5O4/c1-7-2-17-11(20)9-10(15-12(17)14-7)16(5-13-9)6-21-8(3-18)4-19/h2,8,13,18-19H,3-6H2,1H3,(H,14,15). The van der Waals surface area contributed by atoms with E-state index in [-0.39, 0.29) is 25.5 Å². The minimum Gasteiger partial charge on any atom is -0.394 e. The normalized spacial score (nSPS) is 14.0. The lowest BCUT2D eigenvalue weighted by Crippen LogP contribution is -2.32. The van der Waals surface area contributed by atoms with E-state index in [1.54, 1.807) is 11.1 Å². The molecule has 0 aliphatic carbocycles. The molecule has 114 valence electrons. The summed E-state index contributed by atoms with van der Waals surface area (Å²) in [7, 11) is 0. The van der Waals surface area contributed by atoms with Crippen LogP contribution in [0, 0.1) is 6.92 Å². The van der Waals surface area contributed by atoms with Gasteiger partial charge in [0.05, 0.1) is 19.9 Å². The molecule has 21 heavy (non-hydrogen) atoms. The molecule has 0 saturated heterocycles. The Morgan fingerprint density at radius 1 is 1.48 bits per heavy atom. The van der Waals surface area contributed by atoms with Crippen molar-refractivity contribution in [3.05, 3.63) is 22.2 Å². The van der Waals surface area contributed by atoms with E-state index in [0.29, 0.717) is 24.0 Å². The van der Waals surface area contributed by atoms with E-state index in [1.165, 1.54) is 4.40 Å². The highest BCUT2D eigenvalue weighted by atomic mass is 16.5. The third-order valence-corrected chi connectivity index (χ3v) is 3.35. The average Bonchev–Trinajstić information content (AvgIpc) is 3.04. The van der Waals surface area contributed by atoms with Crippen molar-refractivity contribution in [2.75, 3.05) is 36.8 Å². The summed E-state index contributed by atoms with van der Waals surface area (Å²) in [6.45, 7) is 1.81. The first kappa shape index (κ1) is 13.9. The van der Waals surface area contributed by atoms with Gasteiger partial charge in [-0.25, -0.2) is 4.40 Å². The summed E-state index contributed by atoms with van der Waals surface area (Å²) < 4.78 is 6.82. The van der Waals surface area contributed by atoms with Crippen LogP contribution in [-0.4, -0.2) is 57.3 Å². The molecule has 0 amide bonds. The van der Waals surface area contributed by atoms with Crippen LogP contribution in [0.15, 0.2) is 11.0 Å². The van der Waals surface area contributed by atoms with Gasteiger partial charge in [0.25, 0.3) is 5.56 Å². The fraction of sp³-hybridized carbons (Fsp3) is 0.500. The van der Waals surface area contributed by atoms with Crippen LogP contribution in [0.1, 0.15) is 5.69 Å². The minimum atomic E-state index is -0.647. The third kappa shape index (κ3) is 2.35. The molecule has 9 nitrogen and oxygen atoms in total. The maximum absolute atomic E-state index is 12.3. The molecule has 2 aromatic rings. The first-order valence-corrected chi connectivity index (χ1v) is 6.58. The van der Waals surface area contributed by atoms with Crippen molar-refractivity contribution in [1.82, 2.24) is 14.4 Å². The number of aromatic amines is 1. The van der Waals surface area contributed by atoms with Crippen LogP contribution in [0.25, 0.3) is 5.78 Å². The molecule has 3 heterocycles. The second-order valence-electron chi connectivity index (χ2n) is 4.90. The molecule has 0 saturated carbocycles. The van der Waals surface area contributed by atoms with Crippen molar-refractivity contribution in [2.24, 2.45) is 0 Å². The van der Waals surface area contributed by atoms with E-state index in [1.807, 2.05) is 6.92 Å². The van der Waals surface area contributed by atoms with Crippen LogP contribution < -0.4 is 15.8 Å². The predicted octanol–water partition coefficient (Wildman–Crippen LogP) is -1.15. The van der Waals surface area contributed by atoms with Gasteiger partial charge in [0.15, 0.2) is 5.82 Å². The second-order valence-corrected chi connectivity index (χ2v) is 4.90. The number of H-pyrrole nitrogens is 1. The van der Waals surface area contributed by atoms with Crippen LogP contribution in [0.2, 0.25) is 0 Å². The quantitative estimate of drug-likeness (QED) is 0.550. The maximum atomic E-state index is 12.3. The molecule has 0 bridgehead atoms. The molecule has 4 N–H and O–H groups in total. The topological polar surface area (TPSA) is 115 Å². The predicted molar refractivity (Wildman–Crippen MR) is 75.4 cm³/mol. The van der Waals surface area contributed by atoms with Crippen molar-refractivity contribution in [3.8, 4) is 0 Å². The lowest BCUT2D eigenvalue weighted by atomic mass is 10.4. The highest BCUT2D eigenvalue weighted by Crippen LogP contribution is 2.25. The number of fused-ring (bicyclic) bond motifs is 2. The highest BCUT2D eigenvalue weighted by molar-refractivity contribution is 5.71. The van der Waals surface area contributed by atoms with Gasteiger partial charge >= 0.3 is 0 Å². The first-order valence-electron chi connectivity index (χ1n) is 6.58. The summed E-state index contributed by atoms with van der Waals surface area (Å²) in [5.41, 5.74) is 1.08. The molecule has 0 atom stereocenters. The van der Waals surface area contributed by atoms with Gasteiger partial charge in [0, 0.05) is 11.9 Å². The Kier molecular flexibility index (Phi) is 3.53. The minimum absolute atomic E-state index is 0.119. The zero-order valence-corrected chi connectivity index (χ0v) is 11.5. The number of imidazole rings is 1. The molecule has 0 unspecified atom stereocenters. The molecule has 1 aliphatic heterocycles. The molecule has 3 rings (SSSR count). The summed E-state index contributed by atoms with van der Waals surface area (Å²) in [5, 5.41) is 21.0. The number of aromatic nitrogens is 3. The van der Waals surface area contributed by atoms with Crippen LogP contribution in [0.3, 0.4) is 0 Å². The molecular weight excluding hydrogens is 278 g/mol. The zero-order valence-electron chi connectivity index (χ0n) is 11.5. The third-order valence-electron chi connectivity index (χ3n) is 3.35. The largest absolute Gasteiger partial charge is 0.394 e. The smallest absolute Gasteiger partial charge is 0.284 e. The number of hydrogen-bond donors (Lipinski definition) is 4. The molecule has 9 heteroatoms. The van der Waals surface area contributed by atoms with Gasteiger partial charge in [-0.05, 0) is 6.92 Å². The summed E-state index contributed by atoms with van der Waals surface area (Å²) >= 11 is 0. The Morgan fingerprint density at radius 3 is 2.95 bits per heavy atom. The average molecular weight is 295 g/mol. The number of aryl methyl sites for hydroxylation is 1. The number of rotatable bonds is 5. The molecule has 0 aromatic carbocycles. The van der Waals surface area contributed by atoms with Crippen molar-refractivity contribution in [2.45, 2.75) is 13.0 Å². The lowest BCUT2D eigenvalue weighted by Gasteiger charge is -2.20. The number of nitrogens with one attached hydrogen (secondary N) is 2. The number of aliphatic hydroxyl groups is 2. The van der Waals surface area contributed by atoms with Crippen LogP contribution in [0.4, 0.5) is 11.5 Å². The summed E-state index contributed by atoms with van der Waals surface area (Å²) in [5.74, 6) is 0.960. The molecule has 0 radical (unpaired) electrons. The van der Waals surface area contributed by atoms with E-state index < -0.39 is 6.10 Å². The molecule has 0 spiro atoms. The summed E-state index contributed by atoms with van der Waals surface area (Å²) in [6.07, 6.45) is 1.05. The number of ether oxygens (including phenoxy) is 1. The molecule has 1 aliphatic rings. The number of anilines is 2. The molecule has 0 fully saturated rings. The summed E-state index contributed by atoms with van der Waals surface area (Å²) in [6, 6.07) is 0. The SMILES string of the molecule is Cc1cn2c(=O)c3c(nc2[nH]1)N(COC(CO)CO)CN3. The number of hydrogen-bond acceptors (Lipinski definition) is 7. The summed E-state index contributed by atoms with van der Waals surface area (Å²) in [4.78, 5) is 21.5. The van der Waals surface area contributed by atoms with Crippen molar-refractivity contribution >= 4 is 17.3 Å². The number of aliphatic hydroxyl groups excluding tert-OH is 2. The van der Waals surface area contributed by atoms with Crippen LogP contribution >= 0.6 is 0 Å². The van der Waals surface area contributed by atoms with Gasteiger partial charge in [-0.2, -0.15) is 4.98 Å². The Balaban J connectivity index is 1.89. The van der Waals surface area contributed by atoms with E-state index in [0.717, 1.165) is 5.69 Å². The van der Waals surface area contributed by atoms with Gasteiger partial charge in [-0.1, -0.05) is 0 Å². The van der Waals surface area contributed by atoms with E-state index >= 15 is 0 Å². The Bertz CT molecular complexity index is 705. The van der Waals surface area contributed by atoms with Crippen molar-refractivity contribution in [1.29, 1.82) is 0 Å². The van der Waals surface area contributed by atoms with E-state index in [4.69, 9.17) is 14.9 Å². The molecular formula is C12H17N5O4. The lowest BCUT2D eigenvalue weighted by molar-refractivity contribution is -0.0186. The first-order chi connectivity index (χ1) is 10.1. The van der Waals surface area contributed by atoms with E-state index in [9.17, 15) is 4.79 Å². The van der Waals surface area contributed by atoms with Crippen LogP contribution in [0.5, 0.6) is 0 Å². The molecule has 2 aromatic heterocycles. The van der Waals surface area contributed by atoms with Crippen molar-refractivity contribution < 1.29 is 14.9 Å². The fourth-order valence-corrected chi connectivity index (χ4v) is 2.23. The van der Waals surface area contributed by atoms with Gasteiger partial charge in [0.1, 0.15) is 18.5 Å². The Labute approximate surface area is 119 Å².